The van der Waals surface area contributed by atoms with E-state index in [1.807, 2.05) is 0 Å². The van der Waals surface area contributed by atoms with Gasteiger partial charge in [0.2, 0.25) is 0 Å². The first-order valence-electron chi connectivity index (χ1n) is 6.87. The molecule has 0 aromatic rings. The molecule has 0 amide bonds. The average Bonchev–Trinajstić information content (AvgIpc) is 1.97. The van der Waals surface area contributed by atoms with Crippen LogP contribution in [0.25, 0.3) is 0 Å². The van der Waals surface area contributed by atoms with E-state index < -0.39 is 0 Å². The fourth-order valence-corrected chi connectivity index (χ4v) is 2.28. The number of hydrogen-bond acceptors (Lipinski definition) is 1. The minimum Gasteiger partial charge on any atom is -0.312 e. The lowest BCUT2D eigenvalue weighted by molar-refractivity contribution is 0.0885. The molecule has 0 unspecified atom stereocenters. The molecule has 0 aromatic carbocycles. The Hall–Kier alpha value is -0.0400. The van der Waals surface area contributed by atoms with Crippen LogP contribution >= 0.6 is 0 Å². The lowest BCUT2D eigenvalue weighted by atomic mass is 9.64. The van der Waals surface area contributed by atoms with Gasteiger partial charge in [0.25, 0.3) is 0 Å². The maximum atomic E-state index is 3.70. The summed E-state index contributed by atoms with van der Waals surface area (Å²) >= 11 is 0. The smallest absolute Gasteiger partial charge is 0.00967 e. The predicted octanol–water partition coefficient (Wildman–Crippen LogP) is 4.37. The third-order valence-electron chi connectivity index (χ3n) is 3.81. The molecule has 96 valence electrons. The van der Waals surface area contributed by atoms with Gasteiger partial charge in [-0.3, -0.25) is 0 Å². The molecule has 1 fully saturated rings. The van der Waals surface area contributed by atoms with Crippen molar-refractivity contribution in [2.45, 2.75) is 79.2 Å². The number of hydrogen-bond donors (Lipinski definition) is 1. The average molecular weight is 225 g/mol. The fourth-order valence-electron chi connectivity index (χ4n) is 2.28. The minimum absolute atomic E-state index is 0.268. The summed E-state index contributed by atoms with van der Waals surface area (Å²) in [6.45, 7) is 15.1. The topological polar surface area (TPSA) is 12.0 Å². The summed E-state index contributed by atoms with van der Waals surface area (Å²) < 4.78 is 0. The van der Waals surface area contributed by atoms with Crippen LogP contribution in [-0.4, -0.2) is 12.1 Å². The molecule has 0 heterocycles. The summed E-state index contributed by atoms with van der Waals surface area (Å²) in [4.78, 5) is 0. The molecular weight excluding hydrogens is 194 g/mol. The highest BCUT2D eigenvalue weighted by atomic mass is 15.0. The molecule has 0 aliphatic heterocycles. The van der Waals surface area contributed by atoms with Crippen LogP contribution in [-0.2, 0) is 0 Å². The van der Waals surface area contributed by atoms with Gasteiger partial charge in [-0.25, -0.2) is 0 Å². The van der Waals surface area contributed by atoms with E-state index in [2.05, 4.69) is 46.9 Å². The largest absolute Gasteiger partial charge is 0.312 e. The van der Waals surface area contributed by atoms with E-state index in [0.717, 1.165) is 0 Å². The first-order chi connectivity index (χ1) is 7.12. The van der Waals surface area contributed by atoms with Gasteiger partial charge in [-0.05, 0) is 57.3 Å². The molecule has 1 aliphatic carbocycles. The lowest BCUT2D eigenvalue weighted by Gasteiger charge is -2.45. The van der Waals surface area contributed by atoms with Gasteiger partial charge in [0.15, 0.2) is 0 Å². The maximum Gasteiger partial charge on any atom is 0.00967 e. The Morgan fingerprint density at radius 1 is 1.00 bits per heavy atom. The molecule has 0 radical (unpaired) electrons. The van der Waals surface area contributed by atoms with Gasteiger partial charge in [0, 0.05) is 12.1 Å². The lowest BCUT2D eigenvalue weighted by Crippen LogP contribution is -2.47. The highest BCUT2D eigenvalue weighted by Gasteiger charge is 2.37. The van der Waals surface area contributed by atoms with Crippen molar-refractivity contribution in [2.75, 3.05) is 6.54 Å². The van der Waals surface area contributed by atoms with Crippen molar-refractivity contribution in [3.8, 4) is 0 Å². The van der Waals surface area contributed by atoms with Gasteiger partial charge in [0.1, 0.15) is 0 Å². The maximum absolute atomic E-state index is 3.70. The molecule has 1 N–H and O–H groups in total. The van der Waals surface area contributed by atoms with Gasteiger partial charge in [-0.15, -0.1) is 0 Å². The summed E-state index contributed by atoms with van der Waals surface area (Å²) in [5, 5.41) is 3.70. The monoisotopic (exact) mass is 225 g/mol. The molecule has 0 saturated heterocycles. The Kier molecular flexibility index (Phi) is 4.10. The third kappa shape index (κ3) is 4.86. The Labute approximate surface area is 102 Å². The molecule has 0 aromatic heterocycles. The van der Waals surface area contributed by atoms with E-state index >= 15 is 0 Å². The summed E-state index contributed by atoms with van der Waals surface area (Å²) in [6, 6.07) is 0. The quantitative estimate of drug-likeness (QED) is 0.749. The van der Waals surface area contributed by atoms with Crippen LogP contribution in [0.15, 0.2) is 0 Å². The molecule has 0 spiro atoms. The molecule has 0 atom stereocenters. The standard InChI is InChI=1S/C15H31N/c1-13(2,3)10-11-15(8-7-9-15)12-16-14(4,5)6/h16H,7-12H2,1-6H3. The number of nitrogens with one attached hydrogen (secondary N) is 1. The van der Waals surface area contributed by atoms with E-state index in [4.69, 9.17) is 0 Å². The predicted molar refractivity (Wildman–Crippen MR) is 72.7 cm³/mol. The first-order valence-corrected chi connectivity index (χ1v) is 6.87. The van der Waals surface area contributed by atoms with Crippen molar-refractivity contribution < 1.29 is 0 Å². The first kappa shape index (κ1) is 14.0. The molecule has 1 aliphatic rings. The Morgan fingerprint density at radius 3 is 1.88 bits per heavy atom. The van der Waals surface area contributed by atoms with Crippen LogP contribution in [0.3, 0.4) is 0 Å². The zero-order valence-corrected chi connectivity index (χ0v) is 12.2. The van der Waals surface area contributed by atoms with Gasteiger partial charge in [-0.1, -0.05) is 27.2 Å². The van der Waals surface area contributed by atoms with Crippen molar-refractivity contribution >= 4 is 0 Å². The molecule has 1 rings (SSSR count). The SMILES string of the molecule is CC(C)(C)CCC1(CNC(C)(C)C)CCC1. The van der Waals surface area contributed by atoms with E-state index in [1.165, 1.54) is 38.6 Å². The molecule has 1 heteroatoms. The Bertz CT molecular complexity index is 193. The van der Waals surface area contributed by atoms with Crippen LogP contribution < -0.4 is 5.32 Å². The van der Waals surface area contributed by atoms with Crippen LogP contribution in [0.4, 0.5) is 0 Å². The van der Waals surface area contributed by atoms with E-state index in [-0.39, 0.29) is 5.54 Å². The minimum atomic E-state index is 0.268. The van der Waals surface area contributed by atoms with Gasteiger partial charge in [0.05, 0.1) is 0 Å². The van der Waals surface area contributed by atoms with Crippen molar-refractivity contribution in [1.82, 2.24) is 5.32 Å². The summed E-state index contributed by atoms with van der Waals surface area (Å²) in [5.41, 5.74) is 1.38. The van der Waals surface area contributed by atoms with Crippen molar-refractivity contribution in [1.29, 1.82) is 0 Å². The van der Waals surface area contributed by atoms with Crippen molar-refractivity contribution in [3.05, 3.63) is 0 Å². The van der Waals surface area contributed by atoms with Gasteiger partial charge < -0.3 is 5.32 Å². The highest BCUT2D eigenvalue weighted by Crippen LogP contribution is 2.46. The highest BCUT2D eigenvalue weighted by molar-refractivity contribution is 4.92. The molecule has 16 heavy (non-hydrogen) atoms. The van der Waals surface area contributed by atoms with Gasteiger partial charge in [-0.2, -0.15) is 0 Å². The van der Waals surface area contributed by atoms with Crippen LogP contribution in [0, 0.1) is 10.8 Å². The zero-order chi connectivity index (χ0) is 12.4. The summed E-state index contributed by atoms with van der Waals surface area (Å²) in [7, 11) is 0. The van der Waals surface area contributed by atoms with Gasteiger partial charge >= 0.3 is 0 Å². The Morgan fingerprint density at radius 2 is 1.56 bits per heavy atom. The normalized spacial score (nSPS) is 20.6. The van der Waals surface area contributed by atoms with E-state index in [0.29, 0.717) is 10.8 Å². The third-order valence-corrected chi connectivity index (χ3v) is 3.81. The van der Waals surface area contributed by atoms with E-state index in [9.17, 15) is 0 Å². The second-order valence-electron chi connectivity index (χ2n) is 8.02. The molecule has 1 saturated carbocycles. The van der Waals surface area contributed by atoms with Crippen molar-refractivity contribution in [2.24, 2.45) is 10.8 Å². The molecule has 1 nitrogen and oxygen atoms in total. The van der Waals surface area contributed by atoms with Crippen LogP contribution in [0.1, 0.15) is 73.6 Å². The second kappa shape index (κ2) is 4.68. The second-order valence-corrected chi connectivity index (χ2v) is 8.02. The Balaban J connectivity index is 2.39. The summed E-state index contributed by atoms with van der Waals surface area (Å²) in [5.74, 6) is 0. The number of rotatable bonds is 4. The molecular formula is C15H31N. The summed E-state index contributed by atoms with van der Waals surface area (Å²) in [6.07, 6.45) is 7.08. The zero-order valence-electron chi connectivity index (χ0n) is 12.2. The van der Waals surface area contributed by atoms with Crippen molar-refractivity contribution in [3.63, 3.8) is 0 Å². The van der Waals surface area contributed by atoms with Crippen LogP contribution in [0.5, 0.6) is 0 Å². The van der Waals surface area contributed by atoms with E-state index in [1.54, 1.807) is 0 Å². The van der Waals surface area contributed by atoms with Crippen LogP contribution in [0.2, 0.25) is 0 Å². The fraction of sp³-hybridized carbons (Fsp3) is 1.00. The molecule has 0 bridgehead atoms.